The minimum atomic E-state index is -0.426. The largest absolute Gasteiger partial charge is 0.497 e. The van der Waals surface area contributed by atoms with Gasteiger partial charge in [0.15, 0.2) is 6.61 Å². The molecule has 0 unspecified atom stereocenters. The summed E-state index contributed by atoms with van der Waals surface area (Å²) in [6.45, 7) is 1.57. The van der Waals surface area contributed by atoms with Crippen molar-refractivity contribution in [1.82, 2.24) is 5.32 Å². The third-order valence-electron chi connectivity index (χ3n) is 4.21. The maximum atomic E-state index is 12.2. The van der Waals surface area contributed by atoms with Gasteiger partial charge < -0.3 is 14.8 Å². The Morgan fingerprint density at radius 1 is 1.17 bits per heavy atom. The van der Waals surface area contributed by atoms with Crippen LogP contribution in [0.4, 0.5) is 0 Å². The lowest BCUT2D eigenvalue weighted by Gasteiger charge is -2.13. The van der Waals surface area contributed by atoms with Crippen LogP contribution >= 0.6 is 0 Å². The second-order valence-corrected chi connectivity index (χ2v) is 6.14. The molecule has 1 N–H and O–H groups in total. The standard InChI is InChI=1S/C19H21NO4/c1-12(19(22)24-11-18(21)20-16-6-7-16)13-3-4-15-10-17(23-2)8-5-14(15)9-13/h3-5,8-10,12,16H,6-7,11H2,1-2H3,(H,20,21)/t12-/m0/s1. The van der Waals surface area contributed by atoms with Gasteiger partial charge >= 0.3 is 5.97 Å². The smallest absolute Gasteiger partial charge is 0.313 e. The molecule has 0 saturated heterocycles. The molecular weight excluding hydrogens is 306 g/mol. The molecule has 0 heterocycles. The van der Waals surface area contributed by atoms with Crippen molar-refractivity contribution in [2.45, 2.75) is 31.7 Å². The number of carbonyl (C=O) groups is 2. The van der Waals surface area contributed by atoms with Gasteiger partial charge in [-0.15, -0.1) is 0 Å². The van der Waals surface area contributed by atoms with Gasteiger partial charge in [0.25, 0.3) is 5.91 Å². The van der Waals surface area contributed by atoms with Crippen molar-refractivity contribution >= 4 is 22.6 Å². The summed E-state index contributed by atoms with van der Waals surface area (Å²) in [5, 5.41) is 4.87. The highest BCUT2D eigenvalue weighted by molar-refractivity contribution is 5.87. The molecule has 0 aromatic heterocycles. The average molecular weight is 327 g/mol. The van der Waals surface area contributed by atoms with Crippen molar-refractivity contribution in [2.24, 2.45) is 0 Å². The monoisotopic (exact) mass is 327 g/mol. The van der Waals surface area contributed by atoms with Crippen LogP contribution in [0.5, 0.6) is 5.75 Å². The first kappa shape index (κ1) is 16.3. The number of methoxy groups -OCH3 is 1. The van der Waals surface area contributed by atoms with Crippen LogP contribution in [0.15, 0.2) is 36.4 Å². The molecule has 0 spiro atoms. The molecule has 1 aliphatic carbocycles. The molecule has 2 aromatic carbocycles. The zero-order valence-electron chi connectivity index (χ0n) is 13.9. The molecule has 5 heteroatoms. The topological polar surface area (TPSA) is 64.6 Å². The first-order chi connectivity index (χ1) is 11.6. The van der Waals surface area contributed by atoms with E-state index in [2.05, 4.69) is 5.32 Å². The van der Waals surface area contributed by atoms with Gasteiger partial charge in [0.05, 0.1) is 13.0 Å². The van der Waals surface area contributed by atoms with E-state index in [9.17, 15) is 9.59 Å². The minimum absolute atomic E-state index is 0.218. The van der Waals surface area contributed by atoms with E-state index >= 15 is 0 Å². The normalized spacial score (nSPS) is 14.9. The summed E-state index contributed by atoms with van der Waals surface area (Å²) in [4.78, 5) is 23.8. The van der Waals surface area contributed by atoms with Crippen LogP contribution in [-0.4, -0.2) is 31.6 Å². The van der Waals surface area contributed by atoms with Gasteiger partial charge in [-0.1, -0.05) is 24.3 Å². The van der Waals surface area contributed by atoms with Crippen LogP contribution < -0.4 is 10.1 Å². The Labute approximate surface area is 140 Å². The Hall–Kier alpha value is -2.56. The predicted octanol–water partition coefficient (Wildman–Crippen LogP) is 2.77. The van der Waals surface area contributed by atoms with Crippen molar-refractivity contribution in [3.05, 3.63) is 42.0 Å². The van der Waals surface area contributed by atoms with Gasteiger partial charge in [-0.25, -0.2) is 0 Å². The number of ether oxygens (including phenoxy) is 2. The number of benzene rings is 2. The number of fused-ring (bicyclic) bond motifs is 1. The molecule has 1 fully saturated rings. The maximum Gasteiger partial charge on any atom is 0.313 e. The van der Waals surface area contributed by atoms with Crippen molar-refractivity contribution in [3.8, 4) is 5.75 Å². The van der Waals surface area contributed by atoms with E-state index in [1.54, 1.807) is 14.0 Å². The third-order valence-corrected chi connectivity index (χ3v) is 4.21. The number of esters is 1. The number of hydrogen-bond acceptors (Lipinski definition) is 4. The van der Waals surface area contributed by atoms with Crippen LogP contribution in [0.2, 0.25) is 0 Å². The van der Waals surface area contributed by atoms with Crippen LogP contribution in [0.3, 0.4) is 0 Å². The minimum Gasteiger partial charge on any atom is -0.497 e. The van der Waals surface area contributed by atoms with Gasteiger partial charge in [-0.05, 0) is 48.2 Å². The molecule has 0 bridgehead atoms. The SMILES string of the molecule is COc1ccc2cc([C@H](C)C(=O)OCC(=O)NC3CC3)ccc2c1. The average Bonchev–Trinajstić information content (AvgIpc) is 3.41. The summed E-state index contributed by atoms with van der Waals surface area (Å²) in [7, 11) is 1.63. The fraction of sp³-hybridized carbons (Fsp3) is 0.368. The van der Waals surface area contributed by atoms with Crippen molar-refractivity contribution in [3.63, 3.8) is 0 Å². The third kappa shape index (κ3) is 3.85. The molecule has 1 aliphatic rings. The molecule has 1 amide bonds. The van der Waals surface area contributed by atoms with Crippen LogP contribution in [0.25, 0.3) is 10.8 Å². The zero-order chi connectivity index (χ0) is 17.1. The Balaban J connectivity index is 1.64. The first-order valence-corrected chi connectivity index (χ1v) is 8.10. The Bertz CT molecular complexity index is 767. The molecule has 1 saturated carbocycles. The number of hydrogen-bond donors (Lipinski definition) is 1. The molecule has 5 nitrogen and oxygen atoms in total. The number of amides is 1. The van der Waals surface area contributed by atoms with Gasteiger partial charge in [-0.2, -0.15) is 0 Å². The van der Waals surface area contributed by atoms with Crippen LogP contribution in [-0.2, 0) is 14.3 Å². The molecule has 3 rings (SSSR count). The summed E-state index contributed by atoms with van der Waals surface area (Å²) >= 11 is 0. The highest BCUT2D eigenvalue weighted by Crippen LogP contribution is 2.25. The van der Waals surface area contributed by atoms with E-state index in [1.807, 2.05) is 36.4 Å². The number of carbonyl (C=O) groups excluding carboxylic acids is 2. The molecule has 1 atom stereocenters. The summed E-state index contributed by atoms with van der Waals surface area (Å²) in [5.74, 6) is -0.257. The molecule has 0 radical (unpaired) electrons. The van der Waals surface area contributed by atoms with E-state index in [0.29, 0.717) is 0 Å². The summed E-state index contributed by atoms with van der Waals surface area (Å²) in [5.41, 5.74) is 0.861. The maximum absolute atomic E-state index is 12.2. The lowest BCUT2D eigenvalue weighted by atomic mass is 9.98. The van der Waals surface area contributed by atoms with Crippen LogP contribution in [0.1, 0.15) is 31.2 Å². The second-order valence-electron chi connectivity index (χ2n) is 6.14. The zero-order valence-corrected chi connectivity index (χ0v) is 13.9. The van der Waals surface area contributed by atoms with Gasteiger partial charge in [0.1, 0.15) is 5.75 Å². The predicted molar refractivity (Wildman–Crippen MR) is 91.0 cm³/mol. The summed E-state index contributed by atoms with van der Waals surface area (Å²) in [6, 6.07) is 11.9. The quantitative estimate of drug-likeness (QED) is 0.829. The fourth-order valence-corrected chi connectivity index (χ4v) is 2.53. The number of rotatable bonds is 6. The summed E-state index contributed by atoms with van der Waals surface area (Å²) < 4.78 is 10.3. The second kappa shape index (κ2) is 6.91. The molecular formula is C19H21NO4. The first-order valence-electron chi connectivity index (χ1n) is 8.10. The van der Waals surface area contributed by atoms with Crippen molar-refractivity contribution in [2.75, 3.05) is 13.7 Å². The van der Waals surface area contributed by atoms with E-state index in [-0.39, 0.29) is 18.6 Å². The molecule has 24 heavy (non-hydrogen) atoms. The van der Waals surface area contributed by atoms with Gasteiger partial charge in [0.2, 0.25) is 0 Å². The molecule has 0 aliphatic heterocycles. The lowest BCUT2D eigenvalue weighted by Crippen LogP contribution is -2.31. The van der Waals surface area contributed by atoms with Crippen molar-refractivity contribution in [1.29, 1.82) is 0 Å². The Morgan fingerprint density at radius 2 is 1.88 bits per heavy atom. The Kier molecular flexibility index (Phi) is 4.69. The lowest BCUT2D eigenvalue weighted by molar-refractivity contribution is -0.149. The fourth-order valence-electron chi connectivity index (χ4n) is 2.53. The highest BCUT2D eigenvalue weighted by Gasteiger charge is 2.24. The van der Waals surface area contributed by atoms with E-state index in [0.717, 1.165) is 34.9 Å². The Morgan fingerprint density at radius 3 is 2.58 bits per heavy atom. The van der Waals surface area contributed by atoms with Gasteiger partial charge in [0, 0.05) is 6.04 Å². The van der Waals surface area contributed by atoms with E-state index in [1.165, 1.54) is 0 Å². The van der Waals surface area contributed by atoms with E-state index < -0.39 is 11.9 Å². The molecule has 126 valence electrons. The van der Waals surface area contributed by atoms with Gasteiger partial charge in [-0.3, -0.25) is 9.59 Å². The van der Waals surface area contributed by atoms with Crippen LogP contribution in [0, 0.1) is 0 Å². The number of nitrogens with one attached hydrogen (secondary N) is 1. The van der Waals surface area contributed by atoms with E-state index in [4.69, 9.17) is 9.47 Å². The van der Waals surface area contributed by atoms with Crippen molar-refractivity contribution < 1.29 is 19.1 Å². The summed E-state index contributed by atoms with van der Waals surface area (Å²) in [6.07, 6.45) is 2.02. The molecule has 2 aromatic rings. The highest BCUT2D eigenvalue weighted by atomic mass is 16.5.